The fourth-order valence-electron chi connectivity index (χ4n) is 2.95. The van der Waals surface area contributed by atoms with E-state index in [9.17, 15) is 4.39 Å². The summed E-state index contributed by atoms with van der Waals surface area (Å²) in [4.78, 5) is 4.59. The van der Waals surface area contributed by atoms with Crippen molar-refractivity contribution in [2.75, 3.05) is 0 Å². The minimum absolute atomic E-state index is 0.189. The Hall–Kier alpha value is -1.70. The Morgan fingerprint density at radius 2 is 2.00 bits per heavy atom. The van der Waals surface area contributed by atoms with Gasteiger partial charge in [0.25, 0.3) is 0 Å². The van der Waals surface area contributed by atoms with Gasteiger partial charge in [-0.3, -0.25) is 4.99 Å². The number of hydrogen-bond donors (Lipinski definition) is 0. The predicted octanol–water partition coefficient (Wildman–Crippen LogP) is 4.08. The van der Waals surface area contributed by atoms with Gasteiger partial charge in [0.05, 0.1) is 16.8 Å². The number of aliphatic imine (C=N–C) groups is 1. The van der Waals surface area contributed by atoms with E-state index in [0.29, 0.717) is 0 Å². The largest absolute Gasteiger partial charge is 0.251 e. The van der Waals surface area contributed by atoms with Crippen molar-refractivity contribution in [3.8, 4) is 0 Å². The van der Waals surface area contributed by atoms with E-state index in [0.717, 1.165) is 17.0 Å². The molecule has 1 aliphatic heterocycles. The lowest BCUT2D eigenvalue weighted by Gasteiger charge is -2.28. The number of rotatable bonds is 0. The molecule has 17 heavy (non-hydrogen) atoms. The second kappa shape index (κ2) is 3.16. The summed E-state index contributed by atoms with van der Waals surface area (Å²) in [5.41, 5.74) is 5.13. The molecule has 0 aromatic heterocycles. The summed E-state index contributed by atoms with van der Waals surface area (Å²) in [5, 5.41) is 0. The standard InChI is InChI=1S/C15H14FN/c1-9-6-10(2)14-15(3,8-9)12-5-4-11(16)7-13(12)17-14/h4-8H,1-3H3. The number of halogens is 1. The van der Waals surface area contributed by atoms with Crippen molar-refractivity contribution in [1.29, 1.82) is 0 Å². The highest BCUT2D eigenvalue weighted by Gasteiger charge is 2.39. The highest BCUT2D eigenvalue weighted by molar-refractivity contribution is 6.14. The van der Waals surface area contributed by atoms with Crippen LogP contribution in [0, 0.1) is 5.82 Å². The summed E-state index contributed by atoms with van der Waals surface area (Å²) in [7, 11) is 0. The molecular formula is C15H14FN. The monoisotopic (exact) mass is 227 g/mol. The molecule has 0 spiro atoms. The first kappa shape index (κ1) is 10.5. The molecule has 1 aliphatic carbocycles. The lowest BCUT2D eigenvalue weighted by atomic mass is 9.73. The molecule has 0 radical (unpaired) electrons. The second-order valence-electron chi connectivity index (χ2n) is 5.04. The third-order valence-electron chi connectivity index (χ3n) is 3.58. The van der Waals surface area contributed by atoms with Crippen LogP contribution in [0.25, 0.3) is 0 Å². The molecule has 1 atom stereocenters. The van der Waals surface area contributed by atoms with Crippen LogP contribution in [0.3, 0.4) is 0 Å². The van der Waals surface area contributed by atoms with Gasteiger partial charge in [-0.1, -0.05) is 23.8 Å². The Labute approximate surface area is 100 Å². The van der Waals surface area contributed by atoms with Gasteiger partial charge in [0.15, 0.2) is 0 Å². The molecule has 0 saturated heterocycles. The first-order valence-corrected chi connectivity index (χ1v) is 5.78. The SMILES string of the molecule is CC1=CC2(C)C(=Nc3cc(F)ccc32)C(C)=C1. The Kier molecular flexibility index (Phi) is 1.94. The van der Waals surface area contributed by atoms with Crippen LogP contribution in [0.1, 0.15) is 26.3 Å². The van der Waals surface area contributed by atoms with E-state index in [1.165, 1.54) is 23.3 Å². The molecule has 0 bridgehead atoms. The fourth-order valence-corrected chi connectivity index (χ4v) is 2.95. The summed E-state index contributed by atoms with van der Waals surface area (Å²) < 4.78 is 13.2. The molecule has 1 aromatic carbocycles. The third kappa shape index (κ3) is 1.33. The fraction of sp³-hybridized carbons (Fsp3) is 0.267. The van der Waals surface area contributed by atoms with Gasteiger partial charge in [-0.15, -0.1) is 0 Å². The van der Waals surface area contributed by atoms with E-state index >= 15 is 0 Å². The zero-order valence-electron chi connectivity index (χ0n) is 10.2. The predicted molar refractivity (Wildman–Crippen MR) is 68.4 cm³/mol. The van der Waals surface area contributed by atoms with E-state index in [4.69, 9.17) is 0 Å². The van der Waals surface area contributed by atoms with Gasteiger partial charge in [-0.25, -0.2) is 4.39 Å². The van der Waals surface area contributed by atoms with E-state index in [-0.39, 0.29) is 11.2 Å². The molecule has 1 heterocycles. The molecule has 86 valence electrons. The van der Waals surface area contributed by atoms with Crippen molar-refractivity contribution in [2.24, 2.45) is 4.99 Å². The number of fused-ring (bicyclic) bond motifs is 3. The van der Waals surface area contributed by atoms with Crippen LogP contribution >= 0.6 is 0 Å². The normalized spacial score (nSPS) is 25.8. The molecule has 2 aliphatic rings. The topological polar surface area (TPSA) is 12.4 Å². The molecule has 0 amide bonds. The van der Waals surface area contributed by atoms with Gasteiger partial charge in [-0.05, 0) is 44.0 Å². The Morgan fingerprint density at radius 3 is 2.76 bits per heavy atom. The summed E-state index contributed by atoms with van der Waals surface area (Å²) in [6.45, 7) is 6.30. The highest BCUT2D eigenvalue weighted by atomic mass is 19.1. The van der Waals surface area contributed by atoms with Crippen molar-refractivity contribution in [2.45, 2.75) is 26.2 Å². The van der Waals surface area contributed by atoms with E-state index < -0.39 is 0 Å². The second-order valence-corrected chi connectivity index (χ2v) is 5.04. The van der Waals surface area contributed by atoms with Crippen molar-refractivity contribution >= 4 is 11.4 Å². The van der Waals surface area contributed by atoms with Crippen LogP contribution in [0.2, 0.25) is 0 Å². The zero-order chi connectivity index (χ0) is 12.2. The molecule has 0 fully saturated rings. The third-order valence-corrected chi connectivity index (χ3v) is 3.58. The number of hydrogen-bond acceptors (Lipinski definition) is 1. The van der Waals surface area contributed by atoms with Crippen LogP contribution in [-0.4, -0.2) is 5.71 Å². The van der Waals surface area contributed by atoms with Crippen LogP contribution in [0.15, 0.2) is 46.5 Å². The average Bonchev–Trinajstić information content (AvgIpc) is 2.50. The molecule has 1 unspecified atom stereocenters. The van der Waals surface area contributed by atoms with Crippen LogP contribution in [-0.2, 0) is 5.41 Å². The molecule has 0 N–H and O–H groups in total. The Balaban J connectivity index is 2.29. The quantitative estimate of drug-likeness (QED) is 0.633. The minimum Gasteiger partial charge on any atom is -0.251 e. The maximum absolute atomic E-state index is 13.2. The smallest absolute Gasteiger partial charge is 0.125 e. The van der Waals surface area contributed by atoms with Gasteiger partial charge in [0.1, 0.15) is 5.82 Å². The molecule has 1 nitrogen and oxygen atoms in total. The van der Waals surface area contributed by atoms with E-state index in [1.807, 2.05) is 6.07 Å². The van der Waals surface area contributed by atoms with Gasteiger partial charge in [-0.2, -0.15) is 0 Å². The maximum Gasteiger partial charge on any atom is 0.125 e. The maximum atomic E-state index is 13.2. The Bertz CT molecular complexity index is 607. The summed E-state index contributed by atoms with van der Waals surface area (Å²) in [6, 6.07) is 4.88. The lowest BCUT2D eigenvalue weighted by molar-refractivity contribution is 0.627. The van der Waals surface area contributed by atoms with Gasteiger partial charge < -0.3 is 0 Å². The first-order valence-electron chi connectivity index (χ1n) is 5.78. The van der Waals surface area contributed by atoms with E-state index in [2.05, 4.69) is 37.9 Å². The van der Waals surface area contributed by atoms with Crippen molar-refractivity contribution < 1.29 is 4.39 Å². The van der Waals surface area contributed by atoms with Gasteiger partial charge in [0.2, 0.25) is 0 Å². The van der Waals surface area contributed by atoms with Crippen molar-refractivity contribution in [3.05, 3.63) is 52.9 Å². The Morgan fingerprint density at radius 1 is 1.24 bits per heavy atom. The number of nitrogens with zero attached hydrogens (tertiary/aromatic N) is 1. The molecule has 0 saturated carbocycles. The van der Waals surface area contributed by atoms with Crippen LogP contribution in [0.5, 0.6) is 0 Å². The molecule has 3 rings (SSSR count). The van der Waals surface area contributed by atoms with Crippen LogP contribution in [0.4, 0.5) is 10.1 Å². The average molecular weight is 227 g/mol. The zero-order valence-corrected chi connectivity index (χ0v) is 10.2. The van der Waals surface area contributed by atoms with Crippen molar-refractivity contribution in [3.63, 3.8) is 0 Å². The van der Waals surface area contributed by atoms with Gasteiger partial charge >= 0.3 is 0 Å². The van der Waals surface area contributed by atoms with E-state index in [1.54, 1.807) is 0 Å². The number of benzene rings is 1. The lowest BCUT2D eigenvalue weighted by Crippen LogP contribution is -2.30. The summed E-state index contributed by atoms with van der Waals surface area (Å²) in [5.74, 6) is -0.224. The van der Waals surface area contributed by atoms with Gasteiger partial charge in [0, 0.05) is 0 Å². The molecule has 1 aromatic rings. The highest BCUT2D eigenvalue weighted by Crippen LogP contribution is 2.45. The summed E-state index contributed by atoms with van der Waals surface area (Å²) in [6.07, 6.45) is 4.34. The molecular weight excluding hydrogens is 213 g/mol. The number of allylic oxidation sites excluding steroid dienone is 4. The molecule has 2 heteroatoms. The van der Waals surface area contributed by atoms with Crippen molar-refractivity contribution in [1.82, 2.24) is 0 Å². The van der Waals surface area contributed by atoms with Crippen LogP contribution < -0.4 is 0 Å². The summed E-state index contributed by atoms with van der Waals surface area (Å²) >= 11 is 0. The first-order chi connectivity index (χ1) is 8.00. The minimum atomic E-state index is -0.224.